The van der Waals surface area contributed by atoms with Gasteiger partial charge in [0.2, 0.25) is 0 Å². The molecule has 1 aliphatic carbocycles. The van der Waals surface area contributed by atoms with Crippen molar-refractivity contribution in [2.24, 2.45) is 16.3 Å². The highest BCUT2D eigenvalue weighted by molar-refractivity contribution is 6.47. The SMILES string of the molecule is CCC(c1ccc(C=O)cc1)N1C(=O)C(c2cc(F)cc(Cl)c2)=NC12CCC(C(C)(C)C)CC2. The molecular formula is C28H32ClFN2O2. The molecule has 1 atom stereocenters. The lowest BCUT2D eigenvalue weighted by Gasteiger charge is -2.47. The highest BCUT2D eigenvalue weighted by atomic mass is 35.5. The summed E-state index contributed by atoms with van der Waals surface area (Å²) in [5, 5.41) is 0.242. The van der Waals surface area contributed by atoms with Crippen LogP contribution in [0.5, 0.6) is 0 Å². The summed E-state index contributed by atoms with van der Waals surface area (Å²) in [6.45, 7) is 8.84. The van der Waals surface area contributed by atoms with E-state index in [4.69, 9.17) is 16.6 Å². The van der Waals surface area contributed by atoms with Crippen LogP contribution in [-0.4, -0.2) is 28.5 Å². The van der Waals surface area contributed by atoms with Crippen LogP contribution in [0.2, 0.25) is 5.02 Å². The van der Waals surface area contributed by atoms with Crippen molar-refractivity contribution in [3.05, 3.63) is 70.0 Å². The van der Waals surface area contributed by atoms with E-state index < -0.39 is 11.5 Å². The van der Waals surface area contributed by atoms with Gasteiger partial charge in [-0.05, 0) is 67.2 Å². The van der Waals surface area contributed by atoms with Crippen LogP contribution in [0, 0.1) is 17.2 Å². The van der Waals surface area contributed by atoms with E-state index in [1.165, 1.54) is 12.1 Å². The Bertz CT molecular complexity index is 1090. The Morgan fingerprint density at radius 1 is 1.18 bits per heavy atom. The van der Waals surface area contributed by atoms with Crippen molar-refractivity contribution < 1.29 is 14.0 Å². The van der Waals surface area contributed by atoms with Gasteiger partial charge in [-0.2, -0.15) is 0 Å². The Morgan fingerprint density at radius 2 is 1.82 bits per heavy atom. The number of aldehydes is 1. The van der Waals surface area contributed by atoms with Gasteiger partial charge in [0.25, 0.3) is 5.91 Å². The molecule has 180 valence electrons. The number of hydrogen-bond acceptors (Lipinski definition) is 3. The molecule has 1 spiro atoms. The largest absolute Gasteiger partial charge is 0.305 e. The lowest BCUT2D eigenvalue weighted by molar-refractivity contribution is -0.133. The van der Waals surface area contributed by atoms with Gasteiger partial charge < -0.3 is 4.90 Å². The molecule has 0 aromatic heterocycles. The molecule has 6 heteroatoms. The quantitative estimate of drug-likeness (QED) is 0.430. The normalized spacial score (nSPS) is 23.8. The summed E-state index contributed by atoms with van der Waals surface area (Å²) in [6.07, 6.45) is 4.97. The number of amides is 1. The fraction of sp³-hybridized carbons (Fsp3) is 0.464. The average Bonchev–Trinajstić information content (AvgIpc) is 3.06. The highest BCUT2D eigenvalue weighted by Gasteiger charge is 2.52. The summed E-state index contributed by atoms with van der Waals surface area (Å²) in [5.74, 6) is -0.134. The fourth-order valence-electron chi connectivity index (χ4n) is 5.59. The van der Waals surface area contributed by atoms with Gasteiger partial charge in [0, 0.05) is 16.1 Å². The molecule has 1 amide bonds. The van der Waals surface area contributed by atoms with Crippen molar-refractivity contribution in [1.82, 2.24) is 4.90 Å². The summed E-state index contributed by atoms with van der Waals surface area (Å²) in [6, 6.07) is 11.4. The first-order valence-corrected chi connectivity index (χ1v) is 12.4. The summed E-state index contributed by atoms with van der Waals surface area (Å²) in [5.41, 5.74) is 1.77. The third-order valence-electron chi connectivity index (χ3n) is 7.49. The highest BCUT2D eigenvalue weighted by Crippen LogP contribution is 2.49. The minimum absolute atomic E-state index is 0.187. The van der Waals surface area contributed by atoms with Gasteiger partial charge in [-0.3, -0.25) is 14.6 Å². The molecule has 2 aromatic rings. The molecule has 1 heterocycles. The third kappa shape index (κ3) is 4.55. The number of carbonyl (C=O) groups is 2. The van der Waals surface area contributed by atoms with Crippen LogP contribution in [0.4, 0.5) is 4.39 Å². The molecular weight excluding hydrogens is 451 g/mol. The van der Waals surface area contributed by atoms with Crippen molar-refractivity contribution in [3.8, 4) is 0 Å². The molecule has 0 bridgehead atoms. The van der Waals surface area contributed by atoms with Gasteiger partial charge in [-0.25, -0.2) is 4.39 Å². The Balaban J connectivity index is 1.78. The van der Waals surface area contributed by atoms with Crippen LogP contribution in [0.15, 0.2) is 47.5 Å². The fourth-order valence-corrected chi connectivity index (χ4v) is 5.81. The summed E-state index contributed by atoms with van der Waals surface area (Å²) >= 11 is 6.13. The standard InChI is InChI=1S/C28H32ClFN2O2/c1-5-24(19-8-6-18(17-33)7-9-19)32-26(34)25(20-14-22(29)16-23(30)15-20)31-28(32)12-10-21(11-13-28)27(2,3)4/h6-9,14-17,21,24H,5,10-13H2,1-4H3. The van der Waals surface area contributed by atoms with E-state index in [1.807, 2.05) is 17.0 Å². The van der Waals surface area contributed by atoms with Crippen molar-refractivity contribution >= 4 is 29.5 Å². The summed E-state index contributed by atoms with van der Waals surface area (Å²) in [7, 11) is 0. The third-order valence-corrected chi connectivity index (χ3v) is 7.71. The lowest BCUT2D eigenvalue weighted by Crippen LogP contribution is -2.51. The molecule has 4 nitrogen and oxygen atoms in total. The smallest absolute Gasteiger partial charge is 0.275 e. The summed E-state index contributed by atoms with van der Waals surface area (Å²) in [4.78, 5) is 32.1. The van der Waals surface area contributed by atoms with E-state index in [2.05, 4.69) is 27.7 Å². The zero-order valence-corrected chi connectivity index (χ0v) is 21.0. The molecule has 4 rings (SSSR count). The van der Waals surface area contributed by atoms with Crippen molar-refractivity contribution in [2.45, 2.75) is 71.5 Å². The van der Waals surface area contributed by atoms with E-state index >= 15 is 0 Å². The molecule has 34 heavy (non-hydrogen) atoms. The maximum absolute atomic E-state index is 14.2. The number of halogens is 2. The predicted molar refractivity (Wildman–Crippen MR) is 134 cm³/mol. The minimum atomic E-state index is -0.670. The molecule has 1 aliphatic heterocycles. The van der Waals surface area contributed by atoms with Crippen LogP contribution in [0.3, 0.4) is 0 Å². The number of carbonyl (C=O) groups excluding carboxylic acids is 2. The lowest BCUT2D eigenvalue weighted by atomic mass is 9.69. The second-order valence-electron chi connectivity index (χ2n) is 10.6. The number of hydrogen-bond donors (Lipinski definition) is 0. The van der Waals surface area contributed by atoms with Crippen LogP contribution < -0.4 is 0 Å². The molecule has 0 saturated heterocycles. The minimum Gasteiger partial charge on any atom is -0.305 e. The Hall–Kier alpha value is -2.53. The Morgan fingerprint density at radius 3 is 2.35 bits per heavy atom. The maximum atomic E-state index is 14.2. The molecule has 0 N–H and O–H groups in total. The predicted octanol–water partition coefficient (Wildman–Crippen LogP) is 7.01. The van der Waals surface area contributed by atoms with E-state index in [1.54, 1.807) is 18.2 Å². The van der Waals surface area contributed by atoms with Gasteiger partial charge in [0.15, 0.2) is 0 Å². The number of rotatable bonds is 5. The van der Waals surface area contributed by atoms with Gasteiger partial charge in [-0.1, -0.05) is 63.6 Å². The Kier molecular flexibility index (Phi) is 6.69. The average molecular weight is 483 g/mol. The topological polar surface area (TPSA) is 49.7 Å². The zero-order chi connectivity index (χ0) is 24.7. The first-order valence-electron chi connectivity index (χ1n) is 12.0. The molecule has 2 aliphatic rings. The van der Waals surface area contributed by atoms with E-state index in [0.717, 1.165) is 37.5 Å². The van der Waals surface area contributed by atoms with Gasteiger partial charge in [0.1, 0.15) is 23.5 Å². The van der Waals surface area contributed by atoms with Gasteiger partial charge in [-0.15, -0.1) is 0 Å². The first-order chi connectivity index (χ1) is 16.1. The van der Waals surface area contributed by atoms with E-state index in [0.29, 0.717) is 23.5 Å². The second kappa shape index (κ2) is 9.26. The van der Waals surface area contributed by atoms with E-state index in [-0.39, 0.29) is 28.1 Å². The number of aliphatic imine (C=N–C) groups is 1. The van der Waals surface area contributed by atoms with Crippen molar-refractivity contribution in [3.63, 3.8) is 0 Å². The van der Waals surface area contributed by atoms with Gasteiger partial charge in [0.05, 0.1) is 6.04 Å². The van der Waals surface area contributed by atoms with Crippen LogP contribution >= 0.6 is 11.6 Å². The molecule has 1 saturated carbocycles. The molecule has 2 aromatic carbocycles. The van der Waals surface area contributed by atoms with Crippen LogP contribution in [-0.2, 0) is 4.79 Å². The van der Waals surface area contributed by atoms with Gasteiger partial charge >= 0.3 is 0 Å². The van der Waals surface area contributed by atoms with Crippen LogP contribution in [0.1, 0.15) is 87.3 Å². The second-order valence-corrected chi connectivity index (χ2v) is 11.1. The molecule has 1 unspecified atom stereocenters. The summed E-state index contributed by atoms with van der Waals surface area (Å²) < 4.78 is 14.2. The number of nitrogens with zero attached hydrogens (tertiary/aromatic N) is 2. The monoisotopic (exact) mass is 482 g/mol. The Labute approximate surface area is 206 Å². The zero-order valence-electron chi connectivity index (χ0n) is 20.3. The van der Waals surface area contributed by atoms with Crippen LogP contribution in [0.25, 0.3) is 0 Å². The first kappa shape index (κ1) is 24.6. The molecule has 0 radical (unpaired) electrons. The number of benzene rings is 2. The van der Waals surface area contributed by atoms with Crippen molar-refractivity contribution in [2.75, 3.05) is 0 Å². The van der Waals surface area contributed by atoms with E-state index in [9.17, 15) is 14.0 Å². The maximum Gasteiger partial charge on any atom is 0.275 e. The molecule has 1 fully saturated rings. The van der Waals surface area contributed by atoms with Crippen molar-refractivity contribution in [1.29, 1.82) is 0 Å².